The average molecular weight is 282 g/mol. The number of carbonyl (C=O) groups excluding carboxylic acids is 2. The highest BCUT2D eigenvalue weighted by molar-refractivity contribution is 6.35. The monoisotopic (exact) mass is 282 g/mol. The third kappa shape index (κ3) is 3.33. The molecular formula is C16H30N2O2. The predicted octanol–water partition coefficient (Wildman–Crippen LogP) is 2.67. The highest BCUT2D eigenvalue weighted by Crippen LogP contribution is 2.40. The van der Waals surface area contributed by atoms with Crippen LogP contribution in [0.3, 0.4) is 0 Å². The second-order valence-electron chi connectivity index (χ2n) is 7.94. The molecule has 0 aromatic carbocycles. The van der Waals surface area contributed by atoms with Gasteiger partial charge in [0.1, 0.15) is 0 Å². The number of likely N-dealkylation sites (tertiary alicyclic amines) is 1. The largest absolute Gasteiger partial charge is 0.330 e. The zero-order valence-electron chi connectivity index (χ0n) is 14.3. The molecule has 0 bridgehead atoms. The number of amides is 2. The molecule has 1 saturated heterocycles. The lowest BCUT2D eigenvalue weighted by Gasteiger charge is -2.35. The zero-order chi connectivity index (χ0) is 15.9. The van der Waals surface area contributed by atoms with E-state index < -0.39 is 0 Å². The van der Waals surface area contributed by atoms with Crippen LogP contribution in [0, 0.1) is 5.41 Å². The maximum absolute atomic E-state index is 12.6. The van der Waals surface area contributed by atoms with E-state index in [-0.39, 0.29) is 34.9 Å². The van der Waals surface area contributed by atoms with Gasteiger partial charge in [-0.05, 0) is 53.4 Å². The van der Waals surface area contributed by atoms with Gasteiger partial charge in [-0.25, -0.2) is 0 Å². The third-order valence-electron chi connectivity index (χ3n) is 4.00. The fraction of sp³-hybridized carbons (Fsp3) is 0.875. The van der Waals surface area contributed by atoms with Gasteiger partial charge in [0.2, 0.25) is 0 Å². The summed E-state index contributed by atoms with van der Waals surface area (Å²) in [4.78, 5) is 28.6. The first kappa shape index (κ1) is 17.0. The van der Waals surface area contributed by atoms with Crippen molar-refractivity contribution in [2.45, 2.75) is 79.4 Å². The summed E-state index contributed by atoms with van der Waals surface area (Å²) in [5.74, 6) is -0.733. The van der Waals surface area contributed by atoms with E-state index in [1.54, 1.807) is 9.80 Å². The van der Waals surface area contributed by atoms with E-state index in [2.05, 4.69) is 13.8 Å². The number of hydrogen-bond donors (Lipinski definition) is 0. The fourth-order valence-corrected chi connectivity index (χ4v) is 3.60. The molecule has 0 aromatic rings. The second kappa shape index (κ2) is 5.38. The van der Waals surface area contributed by atoms with Crippen molar-refractivity contribution in [1.29, 1.82) is 0 Å². The Kier molecular flexibility index (Phi) is 4.57. The Hall–Kier alpha value is -1.06. The normalized spacial score (nSPS) is 20.6. The average Bonchev–Trinajstić information content (AvgIpc) is 2.44. The van der Waals surface area contributed by atoms with Crippen LogP contribution in [0.4, 0.5) is 0 Å². The Morgan fingerprint density at radius 3 is 1.75 bits per heavy atom. The molecule has 1 heterocycles. The molecule has 1 aliphatic rings. The quantitative estimate of drug-likeness (QED) is 0.731. The molecule has 0 N–H and O–H groups in total. The summed E-state index contributed by atoms with van der Waals surface area (Å²) in [6.45, 7) is 16.8. The first-order chi connectivity index (χ1) is 8.89. The first-order valence-corrected chi connectivity index (χ1v) is 7.53. The van der Waals surface area contributed by atoms with Crippen molar-refractivity contribution >= 4 is 11.8 Å². The molecule has 1 rings (SSSR count). The molecule has 116 valence electrons. The minimum Gasteiger partial charge on any atom is -0.330 e. The lowest BCUT2D eigenvalue weighted by atomic mass is 9.86. The van der Waals surface area contributed by atoms with Crippen molar-refractivity contribution in [2.75, 3.05) is 6.54 Å². The van der Waals surface area contributed by atoms with Gasteiger partial charge >= 0.3 is 11.8 Å². The van der Waals surface area contributed by atoms with Crippen LogP contribution in [-0.2, 0) is 9.59 Å². The van der Waals surface area contributed by atoms with Crippen molar-refractivity contribution < 1.29 is 9.59 Å². The van der Waals surface area contributed by atoms with Crippen molar-refractivity contribution in [3.63, 3.8) is 0 Å². The third-order valence-corrected chi connectivity index (χ3v) is 4.00. The SMILES string of the molecule is CC(C)N(C(=O)C(=O)N1CC(C)(C)CC1(C)C)C(C)C. The Morgan fingerprint density at radius 2 is 1.45 bits per heavy atom. The summed E-state index contributed by atoms with van der Waals surface area (Å²) in [5, 5.41) is 0. The van der Waals surface area contributed by atoms with Gasteiger partial charge in [0.05, 0.1) is 0 Å². The molecule has 0 aliphatic carbocycles. The van der Waals surface area contributed by atoms with Crippen LogP contribution >= 0.6 is 0 Å². The lowest BCUT2D eigenvalue weighted by molar-refractivity contribution is -0.156. The summed E-state index contributed by atoms with van der Waals surface area (Å²) in [5.41, 5.74) is -0.185. The van der Waals surface area contributed by atoms with Crippen LogP contribution in [0.5, 0.6) is 0 Å². The Morgan fingerprint density at radius 1 is 1.00 bits per heavy atom. The molecule has 0 saturated carbocycles. The molecule has 2 amide bonds. The van der Waals surface area contributed by atoms with E-state index in [9.17, 15) is 9.59 Å². The van der Waals surface area contributed by atoms with Crippen LogP contribution in [0.2, 0.25) is 0 Å². The van der Waals surface area contributed by atoms with Gasteiger partial charge in [0, 0.05) is 24.2 Å². The number of nitrogens with zero attached hydrogens (tertiary/aromatic N) is 2. The first-order valence-electron chi connectivity index (χ1n) is 7.53. The maximum Gasteiger partial charge on any atom is 0.312 e. The standard InChI is InChI=1S/C16H30N2O2/c1-11(2)18(12(3)4)14(20)13(19)17-10-15(5,6)9-16(17,7)8/h11-12H,9-10H2,1-8H3. The van der Waals surface area contributed by atoms with Crippen molar-refractivity contribution in [3.8, 4) is 0 Å². The lowest BCUT2D eigenvalue weighted by Crippen LogP contribution is -2.54. The van der Waals surface area contributed by atoms with E-state index in [4.69, 9.17) is 0 Å². The second-order valence-corrected chi connectivity index (χ2v) is 7.94. The van der Waals surface area contributed by atoms with E-state index in [0.29, 0.717) is 6.54 Å². The van der Waals surface area contributed by atoms with Crippen molar-refractivity contribution in [3.05, 3.63) is 0 Å². The van der Waals surface area contributed by atoms with Gasteiger partial charge in [0.25, 0.3) is 0 Å². The number of carbonyl (C=O) groups is 2. The number of hydrogen-bond acceptors (Lipinski definition) is 2. The summed E-state index contributed by atoms with van der Waals surface area (Å²) in [6.07, 6.45) is 0.919. The van der Waals surface area contributed by atoms with Crippen LogP contribution in [-0.4, -0.2) is 45.8 Å². The Balaban J connectivity index is 2.98. The predicted molar refractivity (Wildman–Crippen MR) is 81.3 cm³/mol. The molecule has 4 nitrogen and oxygen atoms in total. The Bertz CT molecular complexity index is 389. The highest BCUT2D eigenvalue weighted by atomic mass is 16.2. The molecule has 1 fully saturated rings. The molecule has 0 atom stereocenters. The van der Waals surface area contributed by atoms with Crippen LogP contribution in [0.1, 0.15) is 61.8 Å². The van der Waals surface area contributed by atoms with Crippen molar-refractivity contribution in [2.24, 2.45) is 5.41 Å². The van der Waals surface area contributed by atoms with E-state index >= 15 is 0 Å². The van der Waals surface area contributed by atoms with Gasteiger partial charge in [-0.3, -0.25) is 9.59 Å². The summed E-state index contributed by atoms with van der Waals surface area (Å²) < 4.78 is 0. The molecular weight excluding hydrogens is 252 g/mol. The minimum absolute atomic E-state index is 0.0326. The molecule has 0 spiro atoms. The van der Waals surface area contributed by atoms with Gasteiger partial charge in [-0.15, -0.1) is 0 Å². The van der Waals surface area contributed by atoms with Gasteiger partial charge < -0.3 is 9.80 Å². The van der Waals surface area contributed by atoms with Crippen molar-refractivity contribution in [1.82, 2.24) is 9.80 Å². The van der Waals surface area contributed by atoms with E-state index in [0.717, 1.165) is 6.42 Å². The van der Waals surface area contributed by atoms with Gasteiger partial charge in [0.15, 0.2) is 0 Å². The zero-order valence-corrected chi connectivity index (χ0v) is 14.3. The topological polar surface area (TPSA) is 40.6 Å². The fourth-order valence-electron chi connectivity index (χ4n) is 3.60. The summed E-state index contributed by atoms with van der Waals surface area (Å²) >= 11 is 0. The molecule has 20 heavy (non-hydrogen) atoms. The Labute approximate surface area is 123 Å². The molecule has 4 heteroatoms. The molecule has 0 aromatic heterocycles. The van der Waals surface area contributed by atoms with Crippen LogP contribution < -0.4 is 0 Å². The van der Waals surface area contributed by atoms with Crippen LogP contribution in [0.15, 0.2) is 0 Å². The molecule has 1 aliphatic heterocycles. The van der Waals surface area contributed by atoms with Crippen LogP contribution in [0.25, 0.3) is 0 Å². The highest BCUT2D eigenvalue weighted by Gasteiger charge is 2.47. The van der Waals surface area contributed by atoms with Gasteiger partial charge in [-0.2, -0.15) is 0 Å². The summed E-state index contributed by atoms with van der Waals surface area (Å²) in [7, 11) is 0. The van der Waals surface area contributed by atoms with E-state index in [1.807, 2.05) is 41.5 Å². The molecule has 0 radical (unpaired) electrons. The smallest absolute Gasteiger partial charge is 0.312 e. The van der Waals surface area contributed by atoms with Gasteiger partial charge in [-0.1, -0.05) is 13.8 Å². The molecule has 0 unspecified atom stereocenters. The number of rotatable bonds is 2. The maximum atomic E-state index is 12.6. The van der Waals surface area contributed by atoms with E-state index in [1.165, 1.54) is 0 Å². The summed E-state index contributed by atoms with van der Waals surface area (Å²) in [6, 6.07) is 0.0651. The minimum atomic E-state index is -0.374.